The van der Waals surface area contributed by atoms with Crippen molar-refractivity contribution in [3.63, 3.8) is 0 Å². The average molecular weight is 976 g/mol. The zero-order chi connectivity index (χ0) is 48.8. The number of carbonyl (C=O) groups is 1. The van der Waals surface area contributed by atoms with Gasteiger partial charge in [0.1, 0.15) is 12.2 Å². The molecule has 0 aliphatic heterocycles. The monoisotopic (exact) mass is 975 g/mol. The summed E-state index contributed by atoms with van der Waals surface area (Å²) in [6.45, 7) is 3.62. The van der Waals surface area contributed by atoms with Gasteiger partial charge in [-0.05, 0) is 12.8 Å². The number of hydrogen-bond donors (Lipinski definition) is 3. The predicted molar refractivity (Wildman–Crippen MR) is 284 cm³/mol. The molecule has 0 aliphatic carbocycles. The lowest BCUT2D eigenvalue weighted by Gasteiger charge is -2.20. The molecule has 0 aromatic rings. The Labute approximate surface area is 416 Å². The number of hydrogen-bond acceptors (Lipinski definition) is 8. The van der Waals surface area contributed by atoms with Crippen molar-refractivity contribution in [3.05, 3.63) is 0 Å². The smallest absolute Gasteiger partial charge is 0.457 e. The molecule has 67 heavy (non-hydrogen) atoms. The number of carbonyl (C=O) groups excluding carboxylic acids is 1. The van der Waals surface area contributed by atoms with Crippen LogP contribution in [0.2, 0.25) is 0 Å². The zero-order valence-electron chi connectivity index (χ0n) is 44.7. The van der Waals surface area contributed by atoms with Crippen molar-refractivity contribution in [2.75, 3.05) is 33.0 Å². The number of esters is 1. The van der Waals surface area contributed by atoms with Gasteiger partial charge in [0.15, 0.2) is 0 Å². The lowest BCUT2D eigenvalue weighted by atomic mass is 10.0. The van der Waals surface area contributed by atoms with Crippen molar-refractivity contribution in [2.45, 2.75) is 328 Å². The van der Waals surface area contributed by atoms with Gasteiger partial charge < -0.3 is 24.6 Å². The van der Waals surface area contributed by atoms with Gasteiger partial charge in [0.05, 0.1) is 26.4 Å². The Morgan fingerprint density at radius 1 is 0.403 bits per heavy atom. The van der Waals surface area contributed by atoms with E-state index in [0.717, 1.165) is 32.1 Å². The molecule has 9 nitrogen and oxygen atoms in total. The second-order valence-corrected chi connectivity index (χ2v) is 21.8. The molecular formula is C57H115O9P. The Balaban J connectivity index is 3.86. The largest absolute Gasteiger partial charge is 0.472 e. The number of phosphoric ester groups is 1. The minimum Gasteiger partial charge on any atom is -0.457 e. The first-order chi connectivity index (χ1) is 32.8. The SMILES string of the molecule is CCCCCCCCCCCCCCCCCCCCCCCCCCCCCCCCC(=O)O[C@H](COCCCCCCCCCCCCCCCCCC)COP(=O)(O)OC[C@@H](O)CO. The first-order valence-electron chi connectivity index (χ1n) is 29.5. The van der Waals surface area contributed by atoms with E-state index in [4.69, 9.17) is 23.6 Å². The van der Waals surface area contributed by atoms with Crippen LogP contribution >= 0.6 is 7.82 Å². The molecule has 3 N–H and O–H groups in total. The van der Waals surface area contributed by atoms with E-state index in [1.165, 1.54) is 263 Å². The topological polar surface area (TPSA) is 132 Å². The van der Waals surface area contributed by atoms with Gasteiger partial charge >= 0.3 is 13.8 Å². The molecule has 1 unspecified atom stereocenters. The van der Waals surface area contributed by atoms with E-state index in [-0.39, 0.29) is 25.6 Å². The van der Waals surface area contributed by atoms with E-state index in [9.17, 15) is 19.4 Å². The summed E-state index contributed by atoms with van der Waals surface area (Å²) in [5.74, 6) is -0.371. The molecule has 0 spiro atoms. The lowest BCUT2D eigenvalue weighted by Crippen LogP contribution is -2.29. The Morgan fingerprint density at radius 2 is 0.672 bits per heavy atom. The summed E-state index contributed by atoms with van der Waals surface area (Å²) >= 11 is 0. The molecule has 3 atom stereocenters. The highest BCUT2D eigenvalue weighted by Crippen LogP contribution is 2.43. The Kier molecular flexibility index (Phi) is 54.3. The molecule has 402 valence electrons. The molecule has 0 saturated heterocycles. The van der Waals surface area contributed by atoms with E-state index in [1.807, 2.05) is 0 Å². The van der Waals surface area contributed by atoms with Crippen molar-refractivity contribution in [2.24, 2.45) is 0 Å². The molecule has 0 heterocycles. The van der Waals surface area contributed by atoms with Crippen LogP contribution in [0.15, 0.2) is 0 Å². The molecule has 0 radical (unpaired) electrons. The first kappa shape index (κ1) is 66.5. The van der Waals surface area contributed by atoms with Gasteiger partial charge in [0, 0.05) is 13.0 Å². The minimum absolute atomic E-state index is 0.0589. The fourth-order valence-electron chi connectivity index (χ4n) is 9.07. The molecule has 0 amide bonds. The fourth-order valence-corrected chi connectivity index (χ4v) is 9.86. The highest BCUT2D eigenvalue weighted by molar-refractivity contribution is 7.47. The molecule has 0 bridgehead atoms. The van der Waals surface area contributed by atoms with Gasteiger partial charge in [0.25, 0.3) is 0 Å². The number of phosphoric acid groups is 1. The van der Waals surface area contributed by atoms with Crippen LogP contribution in [-0.2, 0) is 27.9 Å². The summed E-state index contributed by atoms with van der Waals surface area (Å²) in [7, 11) is -4.52. The molecule has 0 aromatic heterocycles. The Morgan fingerprint density at radius 3 is 0.970 bits per heavy atom. The molecule has 0 saturated carbocycles. The quantitative estimate of drug-likeness (QED) is 0.0310. The molecular weight excluding hydrogens is 860 g/mol. The maximum Gasteiger partial charge on any atom is 0.472 e. The van der Waals surface area contributed by atoms with Gasteiger partial charge in [-0.15, -0.1) is 0 Å². The van der Waals surface area contributed by atoms with Crippen LogP contribution in [0.25, 0.3) is 0 Å². The minimum atomic E-state index is -4.52. The third-order valence-electron chi connectivity index (χ3n) is 13.5. The number of aliphatic hydroxyl groups is 2. The van der Waals surface area contributed by atoms with Crippen LogP contribution in [-0.4, -0.2) is 66.3 Å². The number of ether oxygens (including phenoxy) is 2. The highest BCUT2D eigenvalue weighted by atomic mass is 31.2. The summed E-state index contributed by atoms with van der Waals surface area (Å²) in [4.78, 5) is 22.8. The molecule has 0 aliphatic rings. The van der Waals surface area contributed by atoms with Gasteiger partial charge in [-0.2, -0.15) is 0 Å². The molecule has 10 heteroatoms. The van der Waals surface area contributed by atoms with Crippen molar-refractivity contribution >= 4 is 13.8 Å². The molecule has 0 rings (SSSR count). The van der Waals surface area contributed by atoms with Gasteiger partial charge in [0.2, 0.25) is 0 Å². The Bertz CT molecular complexity index is 1020. The van der Waals surface area contributed by atoms with E-state index < -0.39 is 33.2 Å². The van der Waals surface area contributed by atoms with E-state index >= 15 is 0 Å². The van der Waals surface area contributed by atoms with Crippen LogP contribution < -0.4 is 0 Å². The normalized spacial score (nSPS) is 13.6. The van der Waals surface area contributed by atoms with Crippen LogP contribution in [0.5, 0.6) is 0 Å². The lowest BCUT2D eigenvalue weighted by molar-refractivity contribution is -0.154. The maximum atomic E-state index is 12.7. The fraction of sp³-hybridized carbons (Fsp3) is 0.982. The van der Waals surface area contributed by atoms with Crippen LogP contribution in [0, 0.1) is 0 Å². The van der Waals surface area contributed by atoms with Crippen LogP contribution in [0.4, 0.5) is 0 Å². The van der Waals surface area contributed by atoms with Crippen molar-refractivity contribution in [1.29, 1.82) is 0 Å². The average Bonchev–Trinajstić information content (AvgIpc) is 3.32. The van der Waals surface area contributed by atoms with Crippen molar-refractivity contribution < 1.29 is 43.0 Å². The maximum absolute atomic E-state index is 12.7. The number of aliphatic hydroxyl groups excluding tert-OH is 2. The highest BCUT2D eigenvalue weighted by Gasteiger charge is 2.26. The number of rotatable bonds is 58. The van der Waals surface area contributed by atoms with Crippen molar-refractivity contribution in [1.82, 2.24) is 0 Å². The van der Waals surface area contributed by atoms with E-state index in [2.05, 4.69) is 13.8 Å². The summed E-state index contributed by atoms with van der Waals surface area (Å²) in [6.07, 6.45) is 59.6. The molecule has 0 fully saturated rings. The van der Waals surface area contributed by atoms with Gasteiger partial charge in [-0.1, -0.05) is 296 Å². The van der Waals surface area contributed by atoms with Crippen molar-refractivity contribution in [3.8, 4) is 0 Å². The standard InChI is InChI=1S/C57H115O9P/c1-3-5-7-9-11-13-15-17-19-21-22-23-24-25-26-27-28-29-30-31-32-33-34-35-37-39-41-43-45-47-49-57(60)66-56(54-65-67(61,62)64-52-55(59)51-58)53-63-50-48-46-44-42-40-38-36-20-18-16-14-12-10-8-6-4-2/h55-56,58-59H,3-54H2,1-2H3,(H,61,62)/t55-,56+/m0/s1. The summed E-state index contributed by atoms with van der Waals surface area (Å²) in [6, 6.07) is 0. The number of unbranched alkanes of at least 4 members (excludes halogenated alkanes) is 44. The second-order valence-electron chi connectivity index (χ2n) is 20.4. The third kappa shape index (κ3) is 54.6. The summed E-state index contributed by atoms with van der Waals surface area (Å²) in [5.41, 5.74) is 0. The predicted octanol–water partition coefficient (Wildman–Crippen LogP) is 17.8. The zero-order valence-corrected chi connectivity index (χ0v) is 45.6. The van der Waals surface area contributed by atoms with Crippen LogP contribution in [0.3, 0.4) is 0 Å². The van der Waals surface area contributed by atoms with Crippen LogP contribution in [0.1, 0.15) is 316 Å². The third-order valence-corrected chi connectivity index (χ3v) is 14.5. The van der Waals surface area contributed by atoms with E-state index in [1.54, 1.807) is 0 Å². The second kappa shape index (κ2) is 54.8. The first-order valence-corrected chi connectivity index (χ1v) is 31.0. The molecule has 0 aromatic carbocycles. The summed E-state index contributed by atoms with van der Waals surface area (Å²) in [5, 5.41) is 18.4. The summed E-state index contributed by atoms with van der Waals surface area (Å²) < 4.78 is 33.6. The van der Waals surface area contributed by atoms with Gasteiger partial charge in [-0.25, -0.2) is 4.57 Å². The Hall–Kier alpha value is -0.540. The van der Waals surface area contributed by atoms with Gasteiger partial charge in [-0.3, -0.25) is 13.8 Å². The van der Waals surface area contributed by atoms with E-state index in [0.29, 0.717) is 6.61 Å².